The van der Waals surface area contributed by atoms with Gasteiger partial charge in [-0.05, 0) is 11.5 Å². The lowest BCUT2D eigenvalue weighted by molar-refractivity contribution is -0.126. The largest absolute Gasteiger partial charge is 0.477 e. The minimum atomic E-state index is -1.10. The van der Waals surface area contributed by atoms with Gasteiger partial charge in [-0.25, -0.2) is 9.78 Å². The highest BCUT2D eigenvalue weighted by Gasteiger charge is 2.12. The number of pyridine rings is 1. The molecule has 0 spiro atoms. The molecule has 0 saturated heterocycles. The van der Waals surface area contributed by atoms with Gasteiger partial charge in [0.2, 0.25) is 5.91 Å². The summed E-state index contributed by atoms with van der Waals surface area (Å²) >= 11 is 0. The van der Waals surface area contributed by atoms with Gasteiger partial charge in [-0.3, -0.25) is 4.79 Å². The van der Waals surface area contributed by atoms with Crippen LogP contribution in [0.15, 0.2) is 30.3 Å². The van der Waals surface area contributed by atoms with Gasteiger partial charge >= 0.3 is 5.97 Å². The van der Waals surface area contributed by atoms with Crippen LogP contribution in [0.5, 0.6) is 0 Å². The summed E-state index contributed by atoms with van der Waals surface area (Å²) in [6, 6.07) is 8.81. The van der Waals surface area contributed by atoms with E-state index in [1.807, 2.05) is 24.3 Å². The highest BCUT2D eigenvalue weighted by molar-refractivity contribution is 5.98. The molecule has 6 heteroatoms. The number of aromatic nitrogens is 1. The molecule has 0 radical (unpaired) electrons. The fourth-order valence-corrected chi connectivity index (χ4v) is 1.76. The van der Waals surface area contributed by atoms with E-state index in [1.54, 1.807) is 14.1 Å². The number of nitrogens with zero attached hydrogens (tertiary/aromatic N) is 2. The number of hydrogen-bond donors (Lipinski definition) is 2. The van der Waals surface area contributed by atoms with Crippen LogP contribution in [0.2, 0.25) is 0 Å². The number of fused-ring (bicyclic) bond motifs is 1. The van der Waals surface area contributed by atoms with Crippen LogP contribution in [-0.2, 0) is 4.79 Å². The molecule has 2 aromatic rings. The van der Waals surface area contributed by atoms with Crippen molar-refractivity contribution in [2.24, 2.45) is 0 Å². The van der Waals surface area contributed by atoms with Crippen LogP contribution in [0, 0.1) is 0 Å². The molecule has 2 N–H and O–H groups in total. The van der Waals surface area contributed by atoms with Gasteiger partial charge in [-0.2, -0.15) is 0 Å². The lowest BCUT2D eigenvalue weighted by Crippen LogP contribution is -2.29. The van der Waals surface area contributed by atoms with E-state index in [4.69, 9.17) is 5.11 Å². The first kappa shape index (κ1) is 13.8. The van der Waals surface area contributed by atoms with Gasteiger partial charge in [0.1, 0.15) is 5.82 Å². The van der Waals surface area contributed by atoms with E-state index in [9.17, 15) is 9.59 Å². The predicted molar refractivity (Wildman–Crippen MR) is 75.9 cm³/mol. The number of nitrogens with one attached hydrogen (secondary N) is 1. The molecule has 0 aliphatic carbocycles. The van der Waals surface area contributed by atoms with Gasteiger partial charge in [0.25, 0.3) is 0 Å². The fourth-order valence-electron chi connectivity index (χ4n) is 1.76. The minimum Gasteiger partial charge on any atom is -0.477 e. The number of likely N-dealkylation sites (N-methyl/N-ethyl adjacent to an activating group) is 1. The summed E-state index contributed by atoms with van der Waals surface area (Å²) in [5.74, 6) is -0.815. The molecular formula is C14H15N3O3. The van der Waals surface area contributed by atoms with Crippen molar-refractivity contribution in [1.82, 2.24) is 9.88 Å². The molecule has 104 valence electrons. The molecule has 0 fully saturated rings. The molecule has 1 aromatic heterocycles. The zero-order valence-electron chi connectivity index (χ0n) is 11.3. The molecule has 0 aliphatic heterocycles. The second-order valence-electron chi connectivity index (χ2n) is 4.52. The molecule has 6 nitrogen and oxygen atoms in total. The number of anilines is 1. The smallest absolute Gasteiger partial charge is 0.354 e. The van der Waals surface area contributed by atoms with Gasteiger partial charge < -0.3 is 15.3 Å². The third-order valence-electron chi connectivity index (χ3n) is 2.87. The van der Waals surface area contributed by atoms with E-state index in [0.717, 1.165) is 10.8 Å². The summed E-state index contributed by atoms with van der Waals surface area (Å²) in [7, 11) is 3.31. The van der Waals surface area contributed by atoms with Crippen LogP contribution in [0.1, 0.15) is 10.5 Å². The molecule has 0 saturated carbocycles. The monoisotopic (exact) mass is 273 g/mol. The lowest BCUT2D eigenvalue weighted by Gasteiger charge is -2.13. The Labute approximate surface area is 116 Å². The second kappa shape index (κ2) is 5.56. The van der Waals surface area contributed by atoms with Crippen molar-refractivity contribution >= 4 is 28.5 Å². The Morgan fingerprint density at radius 3 is 2.65 bits per heavy atom. The van der Waals surface area contributed by atoms with E-state index in [-0.39, 0.29) is 18.1 Å². The summed E-state index contributed by atoms with van der Waals surface area (Å²) < 4.78 is 0. The average molecular weight is 273 g/mol. The summed E-state index contributed by atoms with van der Waals surface area (Å²) in [6.07, 6.45) is 0. The quantitative estimate of drug-likeness (QED) is 0.880. The van der Waals surface area contributed by atoms with E-state index >= 15 is 0 Å². The molecule has 0 bridgehead atoms. The van der Waals surface area contributed by atoms with Crippen LogP contribution < -0.4 is 5.32 Å². The van der Waals surface area contributed by atoms with Crippen LogP contribution in [0.3, 0.4) is 0 Å². The summed E-state index contributed by atoms with van der Waals surface area (Å²) in [5.41, 5.74) is -0.0523. The molecule has 0 atom stereocenters. The first-order valence-corrected chi connectivity index (χ1v) is 6.06. The number of carboxylic acids is 1. The number of carboxylic acid groups (broad SMARTS) is 1. The van der Waals surface area contributed by atoms with Gasteiger partial charge in [-0.15, -0.1) is 0 Å². The van der Waals surface area contributed by atoms with Gasteiger partial charge in [0.15, 0.2) is 5.69 Å². The Morgan fingerprint density at radius 2 is 2.00 bits per heavy atom. The SMILES string of the molecule is CN(C)C(=O)CNc1nc(C(=O)O)cc2ccccc12. The molecule has 1 aromatic carbocycles. The highest BCUT2D eigenvalue weighted by atomic mass is 16.4. The maximum atomic E-state index is 11.6. The topological polar surface area (TPSA) is 82.5 Å². The number of rotatable bonds is 4. The van der Waals surface area contributed by atoms with Crippen LogP contribution in [0.4, 0.5) is 5.82 Å². The number of carbonyl (C=O) groups excluding carboxylic acids is 1. The van der Waals surface area contributed by atoms with Crippen molar-refractivity contribution in [1.29, 1.82) is 0 Å². The fraction of sp³-hybridized carbons (Fsp3) is 0.214. The molecule has 0 aliphatic rings. The Bertz CT molecular complexity index is 668. The molecule has 1 heterocycles. The number of hydrogen-bond acceptors (Lipinski definition) is 4. The van der Waals surface area contributed by atoms with Crippen LogP contribution >= 0.6 is 0 Å². The van der Waals surface area contributed by atoms with E-state index < -0.39 is 5.97 Å². The predicted octanol–water partition coefficient (Wildman–Crippen LogP) is 1.43. The summed E-state index contributed by atoms with van der Waals surface area (Å²) in [5, 5.41) is 13.5. The van der Waals surface area contributed by atoms with Crippen molar-refractivity contribution in [2.75, 3.05) is 26.0 Å². The lowest BCUT2D eigenvalue weighted by atomic mass is 10.1. The van der Waals surface area contributed by atoms with Gasteiger partial charge in [-0.1, -0.05) is 24.3 Å². The standard InChI is InChI=1S/C14H15N3O3/c1-17(2)12(18)8-15-13-10-6-4-3-5-9(10)7-11(16-13)14(19)20/h3-7H,8H2,1-2H3,(H,15,16)(H,19,20). The number of benzene rings is 1. The Hall–Kier alpha value is -2.63. The Balaban J connectivity index is 2.39. The van der Waals surface area contributed by atoms with Crippen molar-refractivity contribution in [3.63, 3.8) is 0 Å². The van der Waals surface area contributed by atoms with E-state index in [1.165, 1.54) is 11.0 Å². The van der Waals surface area contributed by atoms with Crippen molar-refractivity contribution < 1.29 is 14.7 Å². The van der Waals surface area contributed by atoms with Crippen LogP contribution in [0.25, 0.3) is 10.8 Å². The van der Waals surface area contributed by atoms with Crippen molar-refractivity contribution in [3.05, 3.63) is 36.0 Å². The molecule has 20 heavy (non-hydrogen) atoms. The van der Waals surface area contributed by atoms with Gasteiger partial charge in [0, 0.05) is 19.5 Å². The second-order valence-corrected chi connectivity index (χ2v) is 4.52. The van der Waals surface area contributed by atoms with Crippen molar-refractivity contribution in [2.45, 2.75) is 0 Å². The third kappa shape index (κ3) is 2.85. The first-order chi connectivity index (χ1) is 9.49. The van der Waals surface area contributed by atoms with Crippen molar-refractivity contribution in [3.8, 4) is 0 Å². The first-order valence-electron chi connectivity index (χ1n) is 6.06. The summed E-state index contributed by atoms with van der Waals surface area (Å²) in [6.45, 7) is 0.0626. The van der Waals surface area contributed by atoms with Crippen LogP contribution in [-0.4, -0.2) is 47.5 Å². The number of aromatic carboxylic acids is 1. The molecular weight excluding hydrogens is 258 g/mol. The summed E-state index contributed by atoms with van der Waals surface area (Å²) in [4.78, 5) is 28.2. The Kier molecular flexibility index (Phi) is 3.84. The maximum absolute atomic E-state index is 11.6. The highest BCUT2D eigenvalue weighted by Crippen LogP contribution is 2.22. The normalized spacial score (nSPS) is 10.3. The van der Waals surface area contributed by atoms with Gasteiger partial charge in [0.05, 0.1) is 6.54 Å². The Morgan fingerprint density at radius 1 is 1.30 bits per heavy atom. The van der Waals surface area contributed by atoms with E-state index in [2.05, 4.69) is 10.3 Å². The minimum absolute atomic E-state index is 0.0523. The molecule has 2 rings (SSSR count). The zero-order valence-corrected chi connectivity index (χ0v) is 11.3. The third-order valence-corrected chi connectivity index (χ3v) is 2.87. The number of carbonyl (C=O) groups is 2. The average Bonchev–Trinajstić information content (AvgIpc) is 2.43. The molecule has 1 amide bonds. The van der Waals surface area contributed by atoms with E-state index in [0.29, 0.717) is 5.82 Å². The number of amides is 1. The molecule has 0 unspecified atom stereocenters. The maximum Gasteiger partial charge on any atom is 0.354 e. The zero-order chi connectivity index (χ0) is 14.7.